The van der Waals surface area contributed by atoms with Crippen LogP contribution in [0.5, 0.6) is 0 Å². The van der Waals surface area contributed by atoms with Crippen molar-refractivity contribution in [2.45, 2.75) is 46.2 Å². The molecule has 1 unspecified atom stereocenters. The molecule has 3 aliphatic rings. The molecule has 0 aliphatic carbocycles. The number of carbonyl (C=O) groups is 2. The minimum atomic E-state index is -0.543. The number of ether oxygens (including phenoxy) is 1. The number of imide groups is 1. The minimum absolute atomic E-state index is 0.175. The van der Waals surface area contributed by atoms with Crippen LogP contribution >= 0.6 is 0 Å². The van der Waals surface area contributed by atoms with Gasteiger partial charge in [0, 0.05) is 33.2 Å². The largest absolute Gasteiger partial charge is 0.402 e. The van der Waals surface area contributed by atoms with Gasteiger partial charge in [-0.25, -0.2) is 13.9 Å². The van der Waals surface area contributed by atoms with Crippen molar-refractivity contribution in [3.8, 4) is 0 Å². The van der Waals surface area contributed by atoms with E-state index in [0.717, 1.165) is 69.6 Å². The fraction of sp³-hybridized carbons (Fsp3) is 0.700. The summed E-state index contributed by atoms with van der Waals surface area (Å²) in [4.78, 5) is 35.9. The van der Waals surface area contributed by atoms with Gasteiger partial charge in [0.1, 0.15) is 11.4 Å². The van der Waals surface area contributed by atoms with Crippen molar-refractivity contribution in [1.82, 2.24) is 19.3 Å². The Hall–Kier alpha value is -2.26. The van der Waals surface area contributed by atoms with Crippen LogP contribution in [0.4, 0.5) is 10.7 Å². The fourth-order valence-electron chi connectivity index (χ4n) is 4.48. The number of imidazole rings is 1. The summed E-state index contributed by atoms with van der Waals surface area (Å²) in [5.41, 5.74) is 2.15. The van der Waals surface area contributed by atoms with Crippen molar-refractivity contribution in [1.29, 1.82) is 0 Å². The molecule has 9 heteroatoms. The van der Waals surface area contributed by atoms with E-state index in [9.17, 15) is 9.59 Å². The van der Waals surface area contributed by atoms with Gasteiger partial charge in [-0.05, 0) is 26.7 Å². The molecule has 0 aromatic carbocycles. The Morgan fingerprint density at radius 2 is 1.90 bits per heavy atom. The summed E-state index contributed by atoms with van der Waals surface area (Å²) >= 11 is 0. The van der Waals surface area contributed by atoms with E-state index in [1.165, 1.54) is 9.80 Å². The number of urea groups is 1. The molecule has 0 bridgehead atoms. The summed E-state index contributed by atoms with van der Waals surface area (Å²) in [5.74, 6) is 1.13. The SMILES string of the molecule is CCCN1C(=O)C2C(=Nc3n2c(C)c(C)[n+]3CCCN2CCOCC2)N(C)C1=O. The van der Waals surface area contributed by atoms with Crippen LogP contribution in [0.1, 0.15) is 37.2 Å². The van der Waals surface area contributed by atoms with E-state index in [4.69, 9.17) is 9.73 Å². The molecule has 0 radical (unpaired) electrons. The maximum atomic E-state index is 13.2. The Morgan fingerprint density at radius 1 is 1.17 bits per heavy atom. The topological polar surface area (TPSA) is 74.3 Å². The van der Waals surface area contributed by atoms with E-state index in [-0.39, 0.29) is 11.9 Å². The predicted octanol–water partition coefficient (Wildman–Crippen LogP) is 1.00. The lowest BCUT2D eigenvalue weighted by Crippen LogP contribution is -2.57. The highest BCUT2D eigenvalue weighted by Gasteiger charge is 2.53. The summed E-state index contributed by atoms with van der Waals surface area (Å²) in [5, 5.41) is 0. The minimum Gasteiger partial charge on any atom is -0.379 e. The van der Waals surface area contributed by atoms with Gasteiger partial charge in [0.2, 0.25) is 11.9 Å². The third-order valence-corrected chi connectivity index (χ3v) is 6.23. The quantitative estimate of drug-likeness (QED) is 0.665. The molecule has 1 aromatic rings. The van der Waals surface area contributed by atoms with Crippen molar-refractivity contribution in [2.24, 2.45) is 4.99 Å². The zero-order valence-electron chi connectivity index (χ0n) is 17.8. The van der Waals surface area contributed by atoms with Gasteiger partial charge in [-0.2, -0.15) is 0 Å². The number of aliphatic imine (C=N–C) groups is 1. The molecule has 3 amide bonds. The molecule has 1 aromatic heterocycles. The Morgan fingerprint density at radius 3 is 2.59 bits per heavy atom. The number of nitrogens with zero attached hydrogens (tertiary/aromatic N) is 6. The first kappa shape index (κ1) is 20.0. The maximum absolute atomic E-state index is 13.2. The number of morpholine rings is 1. The fourth-order valence-corrected chi connectivity index (χ4v) is 4.48. The Kier molecular flexibility index (Phi) is 5.44. The first-order chi connectivity index (χ1) is 14.0. The standard InChI is InChI=1S/C20H31N6O3/c1-5-7-25-18(27)16-17(22(4)20(25)28)21-19-24(14(2)15(3)26(16)19)9-6-8-23-10-12-29-13-11-23/h16H,5-13H2,1-4H3/q+1. The average molecular weight is 404 g/mol. The molecule has 4 rings (SSSR count). The monoisotopic (exact) mass is 403 g/mol. The molecule has 158 valence electrons. The van der Waals surface area contributed by atoms with Crippen LogP contribution in [0.15, 0.2) is 4.99 Å². The van der Waals surface area contributed by atoms with Crippen LogP contribution in [0.3, 0.4) is 0 Å². The average Bonchev–Trinajstić information content (AvgIpc) is 3.22. The third kappa shape index (κ3) is 3.26. The third-order valence-electron chi connectivity index (χ3n) is 6.23. The highest BCUT2D eigenvalue weighted by atomic mass is 16.5. The molecule has 1 atom stereocenters. The molecule has 2 fully saturated rings. The molecule has 9 nitrogen and oxygen atoms in total. The summed E-state index contributed by atoms with van der Waals surface area (Å²) in [6.07, 6.45) is 1.74. The maximum Gasteiger partial charge on any atom is 0.402 e. The van der Waals surface area contributed by atoms with Crippen LogP contribution in [0, 0.1) is 13.8 Å². The zero-order chi connectivity index (χ0) is 20.7. The van der Waals surface area contributed by atoms with Crippen molar-refractivity contribution in [3.05, 3.63) is 11.4 Å². The van der Waals surface area contributed by atoms with E-state index in [1.807, 2.05) is 18.4 Å². The van der Waals surface area contributed by atoms with E-state index >= 15 is 0 Å². The second-order valence-corrected chi connectivity index (χ2v) is 8.00. The lowest BCUT2D eigenvalue weighted by Gasteiger charge is -2.33. The van der Waals surface area contributed by atoms with Crippen molar-refractivity contribution >= 4 is 23.7 Å². The highest BCUT2D eigenvalue weighted by molar-refractivity contribution is 6.20. The molecule has 2 saturated heterocycles. The van der Waals surface area contributed by atoms with Gasteiger partial charge in [0.25, 0.3) is 5.91 Å². The number of likely N-dealkylation sites (N-methyl/N-ethyl adjacent to an activating group) is 1. The van der Waals surface area contributed by atoms with E-state index < -0.39 is 6.04 Å². The molecular weight excluding hydrogens is 372 g/mol. The molecule has 0 saturated carbocycles. The number of hydrogen-bond acceptors (Lipinski definition) is 5. The first-order valence-electron chi connectivity index (χ1n) is 10.5. The molecular formula is C20H31N6O3+. The number of fused-ring (bicyclic) bond motifs is 3. The summed E-state index contributed by atoms with van der Waals surface area (Å²) in [6, 6.07) is -0.829. The molecule has 4 heterocycles. The van der Waals surface area contributed by atoms with Crippen LogP contribution in [-0.4, -0.2) is 83.5 Å². The van der Waals surface area contributed by atoms with Gasteiger partial charge < -0.3 is 4.74 Å². The van der Waals surface area contributed by atoms with Gasteiger partial charge in [-0.1, -0.05) is 11.9 Å². The lowest BCUT2D eigenvalue weighted by molar-refractivity contribution is -0.689. The van der Waals surface area contributed by atoms with Gasteiger partial charge in [-0.15, -0.1) is 0 Å². The Balaban J connectivity index is 1.59. The van der Waals surface area contributed by atoms with E-state index in [0.29, 0.717) is 12.4 Å². The first-order valence-corrected chi connectivity index (χ1v) is 10.5. The van der Waals surface area contributed by atoms with Gasteiger partial charge >= 0.3 is 12.0 Å². The normalized spacial score (nSPS) is 22.2. The summed E-state index contributed by atoms with van der Waals surface area (Å²) in [6.45, 7) is 11.9. The Labute approximate surface area is 171 Å². The number of carbonyl (C=O) groups excluding carboxylic acids is 2. The predicted molar refractivity (Wildman–Crippen MR) is 107 cm³/mol. The highest BCUT2D eigenvalue weighted by Crippen LogP contribution is 2.35. The van der Waals surface area contributed by atoms with E-state index in [2.05, 4.69) is 16.4 Å². The molecule has 3 aliphatic heterocycles. The number of amides is 3. The van der Waals surface area contributed by atoms with Crippen molar-refractivity contribution < 1.29 is 18.9 Å². The van der Waals surface area contributed by atoms with Crippen LogP contribution in [-0.2, 0) is 16.1 Å². The smallest absolute Gasteiger partial charge is 0.379 e. The van der Waals surface area contributed by atoms with Crippen LogP contribution < -0.4 is 4.57 Å². The van der Waals surface area contributed by atoms with E-state index in [1.54, 1.807) is 7.05 Å². The van der Waals surface area contributed by atoms with Gasteiger partial charge in [0.15, 0.2) is 0 Å². The number of amidine groups is 1. The van der Waals surface area contributed by atoms with Gasteiger partial charge in [0.05, 0.1) is 19.8 Å². The van der Waals surface area contributed by atoms with Crippen LogP contribution in [0.2, 0.25) is 0 Å². The van der Waals surface area contributed by atoms with Crippen molar-refractivity contribution in [3.63, 3.8) is 0 Å². The molecule has 0 spiro atoms. The molecule has 0 N–H and O–H groups in total. The number of hydrogen-bond donors (Lipinski definition) is 0. The van der Waals surface area contributed by atoms with Crippen LogP contribution in [0.25, 0.3) is 0 Å². The summed E-state index contributed by atoms with van der Waals surface area (Å²) in [7, 11) is 1.71. The molecule has 29 heavy (non-hydrogen) atoms. The second kappa shape index (κ2) is 7.87. The zero-order valence-corrected chi connectivity index (χ0v) is 17.8. The lowest BCUT2D eigenvalue weighted by atomic mass is 10.1. The summed E-state index contributed by atoms with van der Waals surface area (Å²) < 4.78 is 9.62. The Bertz CT molecular complexity index is 855. The number of rotatable bonds is 6. The van der Waals surface area contributed by atoms with Crippen molar-refractivity contribution in [2.75, 3.05) is 46.4 Å². The second-order valence-electron chi connectivity index (χ2n) is 8.00. The number of aromatic nitrogens is 2. The van der Waals surface area contributed by atoms with Gasteiger partial charge in [-0.3, -0.25) is 19.5 Å².